The second kappa shape index (κ2) is 4.30. The Kier molecular flexibility index (Phi) is 2.86. The summed E-state index contributed by atoms with van der Waals surface area (Å²) in [4.78, 5) is 11.6. The molecule has 0 atom stereocenters. The van der Waals surface area contributed by atoms with Crippen molar-refractivity contribution in [1.29, 1.82) is 0 Å². The highest BCUT2D eigenvalue weighted by atomic mass is 16.5. The Morgan fingerprint density at radius 2 is 2.27 bits per heavy atom. The minimum Gasteiger partial charge on any atom is -0.490 e. The first-order chi connectivity index (χ1) is 7.29. The van der Waals surface area contributed by atoms with Gasteiger partial charge in [0.1, 0.15) is 5.75 Å². The lowest BCUT2D eigenvalue weighted by Gasteiger charge is -2.04. The maximum atomic E-state index is 11.6. The molecule has 0 heterocycles. The van der Waals surface area contributed by atoms with E-state index in [2.05, 4.69) is 0 Å². The monoisotopic (exact) mass is 202 g/mol. The van der Waals surface area contributed by atoms with Crippen LogP contribution in [-0.4, -0.2) is 11.9 Å². The van der Waals surface area contributed by atoms with Crippen molar-refractivity contribution in [2.75, 3.05) is 0 Å². The SMILES string of the molecule is C/C=C/C(=O)c1cccc(OC2CC2)c1. The maximum Gasteiger partial charge on any atom is 0.185 e. The highest BCUT2D eigenvalue weighted by Crippen LogP contribution is 2.27. The molecule has 0 N–H and O–H groups in total. The van der Waals surface area contributed by atoms with Gasteiger partial charge >= 0.3 is 0 Å². The zero-order valence-electron chi connectivity index (χ0n) is 8.77. The van der Waals surface area contributed by atoms with Gasteiger partial charge in [0, 0.05) is 5.56 Å². The van der Waals surface area contributed by atoms with E-state index in [9.17, 15) is 4.79 Å². The molecule has 0 saturated heterocycles. The lowest BCUT2D eigenvalue weighted by molar-refractivity contribution is 0.104. The summed E-state index contributed by atoms with van der Waals surface area (Å²) in [6.07, 6.45) is 5.95. The number of carbonyl (C=O) groups excluding carboxylic acids is 1. The largest absolute Gasteiger partial charge is 0.490 e. The van der Waals surface area contributed by atoms with Crippen LogP contribution >= 0.6 is 0 Å². The molecule has 0 unspecified atom stereocenters. The van der Waals surface area contributed by atoms with Crippen molar-refractivity contribution in [1.82, 2.24) is 0 Å². The molecule has 0 spiro atoms. The molecule has 1 aliphatic rings. The van der Waals surface area contributed by atoms with Gasteiger partial charge in [0.2, 0.25) is 0 Å². The Balaban J connectivity index is 2.13. The van der Waals surface area contributed by atoms with Gasteiger partial charge < -0.3 is 4.74 Å². The van der Waals surface area contributed by atoms with Crippen LogP contribution < -0.4 is 4.74 Å². The van der Waals surface area contributed by atoms with Crippen molar-refractivity contribution in [2.24, 2.45) is 0 Å². The number of ketones is 1. The molecule has 1 aromatic rings. The van der Waals surface area contributed by atoms with E-state index in [0.29, 0.717) is 11.7 Å². The van der Waals surface area contributed by atoms with E-state index in [1.54, 1.807) is 18.2 Å². The molecule has 15 heavy (non-hydrogen) atoms. The van der Waals surface area contributed by atoms with Gasteiger partial charge in [-0.05, 0) is 38.0 Å². The Morgan fingerprint density at radius 3 is 2.93 bits per heavy atom. The molecule has 0 radical (unpaired) electrons. The molecular weight excluding hydrogens is 188 g/mol. The van der Waals surface area contributed by atoms with Crippen LogP contribution in [0.3, 0.4) is 0 Å². The number of allylic oxidation sites excluding steroid dienone is 2. The minimum absolute atomic E-state index is 0.0266. The smallest absolute Gasteiger partial charge is 0.185 e. The molecule has 1 saturated carbocycles. The average Bonchev–Trinajstić information content (AvgIpc) is 3.03. The summed E-state index contributed by atoms with van der Waals surface area (Å²) in [5.74, 6) is 0.826. The lowest BCUT2D eigenvalue weighted by atomic mass is 10.1. The predicted octanol–water partition coefficient (Wildman–Crippen LogP) is 2.99. The highest BCUT2D eigenvalue weighted by Gasteiger charge is 2.23. The van der Waals surface area contributed by atoms with Gasteiger partial charge in [-0.3, -0.25) is 4.79 Å². The van der Waals surface area contributed by atoms with Crippen LogP contribution in [0.25, 0.3) is 0 Å². The van der Waals surface area contributed by atoms with Crippen LogP contribution in [0.15, 0.2) is 36.4 Å². The number of ether oxygens (including phenoxy) is 1. The number of hydrogen-bond acceptors (Lipinski definition) is 2. The van der Waals surface area contributed by atoms with Gasteiger partial charge in [-0.1, -0.05) is 18.2 Å². The van der Waals surface area contributed by atoms with E-state index in [-0.39, 0.29) is 5.78 Å². The van der Waals surface area contributed by atoms with Gasteiger partial charge in [-0.25, -0.2) is 0 Å². The fraction of sp³-hybridized carbons (Fsp3) is 0.308. The number of hydrogen-bond donors (Lipinski definition) is 0. The van der Waals surface area contributed by atoms with Crippen molar-refractivity contribution in [2.45, 2.75) is 25.9 Å². The summed E-state index contributed by atoms with van der Waals surface area (Å²) < 4.78 is 5.62. The molecule has 78 valence electrons. The maximum absolute atomic E-state index is 11.6. The van der Waals surface area contributed by atoms with Crippen molar-refractivity contribution in [3.63, 3.8) is 0 Å². The summed E-state index contributed by atoms with van der Waals surface area (Å²) in [7, 11) is 0. The molecular formula is C13H14O2. The van der Waals surface area contributed by atoms with Crippen LogP contribution in [-0.2, 0) is 0 Å². The Bertz CT molecular complexity index is 389. The fourth-order valence-electron chi connectivity index (χ4n) is 1.35. The molecule has 2 heteroatoms. The second-order valence-corrected chi connectivity index (χ2v) is 3.71. The quantitative estimate of drug-likeness (QED) is 0.554. The van der Waals surface area contributed by atoms with Gasteiger partial charge in [-0.2, -0.15) is 0 Å². The van der Waals surface area contributed by atoms with E-state index < -0.39 is 0 Å². The molecule has 0 aliphatic heterocycles. The zero-order valence-corrected chi connectivity index (χ0v) is 8.77. The number of rotatable bonds is 4. The Morgan fingerprint density at radius 1 is 1.47 bits per heavy atom. The number of benzene rings is 1. The molecule has 0 amide bonds. The third-order valence-corrected chi connectivity index (χ3v) is 2.26. The first kappa shape index (κ1) is 9.97. The topological polar surface area (TPSA) is 26.3 Å². The number of carbonyl (C=O) groups is 1. The third-order valence-electron chi connectivity index (χ3n) is 2.26. The van der Waals surface area contributed by atoms with E-state index in [4.69, 9.17) is 4.74 Å². The Hall–Kier alpha value is -1.57. The minimum atomic E-state index is 0.0266. The van der Waals surface area contributed by atoms with Gasteiger partial charge in [-0.15, -0.1) is 0 Å². The first-order valence-electron chi connectivity index (χ1n) is 5.23. The molecule has 2 rings (SSSR count). The molecule has 1 aromatic carbocycles. The average molecular weight is 202 g/mol. The molecule has 1 aliphatic carbocycles. The van der Waals surface area contributed by atoms with Crippen LogP contribution in [0.1, 0.15) is 30.1 Å². The van der Waals surface area contributed by atoms with Crippen LogP contribution in [0.2, 0.25) is 0 Å². The summed E-state index contributed by atoms with van der Waals surface area (Å²) >= 11 is 0. The normalized spacial score (nSPS) is 15.5. The highest BCUT2D eigenvalue weighted by molar-refractivity contribution is 6.04. The zero-order chi connectivity index (χ0) is 10.7. The van der Waals surface area contributed by atoms with Gasteiger partial charge in [0.05, 0.1) is 6.10 Å². The van der Waals surface area contributed by atoms with Crippen molar-refractivity contribution < 1.29 is 9.53 Å². The molecule has 0 aromatic heterocycles. The van der Waals surface area contributed by atoms with Crippen LogP contribution in [0, 0.1) is 0 Å². The van der Waals surface area contributed by atoms with E-state index in [1.165, 1.54) is 0 Å². The molecule has 2 nitrogen and oxygen atoms in total. The summed E-state index contributed by atoms with van der Waals surface area (Å²) in [5.41, 5.74) is 0.686. The summed E-state index contributed by atoms with van der Waals surface area (Å²) in [6.45, 7) is 1.84. The van der Waals surface area contributed by atoms with E-state index in [1.807, 2.05) is 25.1 Å². The standard InChI is InChI=1S/C13H14O2/c1-2-4-13(14)10-5-3-6-12(9-10)15-11-7-8-11/h2-6,9,11H,7-8H2,1H3/b4-2+. The van der Waals surface area contributed by atoms with Crippen LogP contribution in [0.4, 0.5) is 0 Å². The predicted molar refractivity (Wildman–Crippen MR) is 59.2 cm³/mol. The van der Waals surface area contributed by atoms with E-state index in [0.717, 1.165) is 18.6 Å². The van der Waals surface area contributed by atoms with Gasteiger partial charge in [0.15, 0.2) is 5.78 Å². The van der Waals surface area contributed by atoms with E-state index >= 15 is 0 Å². The van der Waals surface area contributed by atoms with Crippen molar-refractivity contribution >= 4 is 5.78 Å². The Labute approximate surface area is 89.6 Å². The van der Waals surface area contributed by atoms with Crippen molar-refractivity contribution in [3.05, 3.63) is 42.0 Å². The van der Waals surface area contributed by atoms with Crippen LogP contribution in [0.5, 0.6) is 5.75 Å². The summed E-state index contributed by atoms with van der Waals surface area (Å²) in [5, 5.41) is 0. The molecule has 1 fully saturated rings. The lowest BCUT2D eigenvalue weighted by Crippen LogP contribution is -1.98. The second-order valence-electron chi connectivity index (χ2n) is 3.71. The van der Waals surface area contributed by atoms with Gasteiger partial charge in [0.25, 0.3) is 0 Å². The summed E-state index contributed by atoms with van der Waals surface area (Å²) in [6, 6.07) is 7.36. The third kappa shape index (κ3) is 2.69. The van der Waals surface area contributed by atoms with Crippen molar-refractivity contribution in [3.8, 4) is 5.75 Å². The molecule has 0 bridgehead atoms. The first-order valence-corrected chi connectivity index (χ1v) is 5.23. The fourth-order valence-corrected chi connectivity index (χ4v) is 1.35.